The first-order chi connectivity index (χ1) is 4.48. The van der Waals surface area contributed by atoms with Gasteiger partial charge in [0.2, 0.25) is 0 Å². The van der Waals surface area contributed by atoms with E-state index in [4.69, 9.17) is 0 Å². The highest BCUT2D eigenvalue weighted by molar-refractivity contribution is 5.64. The lowest BCUT2D eigenvalue weighted by Gasteiger charge is -2.16. The Morgan fingerprint density at radius 2 is 1.90 bits per heavy atom. The van der Waals surface area contributed by atoms with Gasteiger partial charge in [-0.2, -0.15) is 0 Å². The van der Waals surface area contributed by atoms with E-state index in [1.165, 1.54) is 0 Å². The van der Waals surface area contributed by atoms with Gasteiger partial charge in [-0.15, -0.1) is 0 Å². The van der Waals surface area contributed by atoms with Crippen LogP contribution in [0.3, 0.4) is 0 Å². The van der Waals surface area contributed by atoms with Crippen LogP contribution in [0.25, 0.3) is 0 Å². The predicted octanol–water partition coefficient (Wildman–Crippen LogP) is 2.90. The summed E-state index contributed by atoms with van der Waals surface area (Å²) >= 11 is 0. The van der Waals surface area contributed by atoms with Crippen molar-refractivity contribution in [1.82, 2.24) is 0 Å². The molecule has 0 aromatic rings. The average molecular weight is 141 g/mol. The predicted molar refractivity (Wildman–Crippen MR) is 47.7 cm³/mol. The van der Waals surface area contributed by atoms with Crippen LogP contribution in [-0.2, 0) is 0 Å². The van der Waals surface area contributed by atoms with Gasteiger partial charge in [0.05, 0.1) is 0 Å². The molecule has 0 atom stereocenters. The second-order valence-electron chi connectivity index (χ2n) is 3.71. The molecular weight excluding hydrogens is 122 g/mol. The topological polar surface area (TPSA) is 12.4 Å². The Hall–Kier alpha value is -0.330. The van der Waals surface area contributed by atoms with Crippen molar-refractivity contribution in [3.05, 3.63) is 0 Å². The Bertz CT molecular complexity index is 112. The van der Waals surface area contributed by atoms with Crippen LogP contribution in [0.15, 0.2) is 4.99 Å². The second-order valence-corrected chi connectivity index (χ2v) is 3.71. The first kappa shape index (κ1) is 9.67. The minimum Gasteiger partial charge on any atom is -0.294 e. The summed E-state index contributed by atoms with van der Waals surface area (Å²) in [6.07, 6.45) is 3.22. The van der Waals surface area contributed by atoms with Gasteiger partial charge in [-0.1, -0.05) is 20.8 Å². The monoisotopic (exact) mass is 141 g/mol. The normalized spacial score (nSPS) is 13.4. The van der Waals surface area contributed by atoms with Crippen molar-refractivity contribution in [3.8, 4) is 0 Å². The third kappa shape index (κ3) is 4.54. The molecule has 60 valence electrons. The number of rotatable bonds is 3. The molecular formula is C9H19N. The van der Waals surface area contributed by atoms with Gasteiger partial charge in [0, 0.05) is 12.3 Å². The number of hydrogen-bond donors (Lipinski definition) is 0. The molecule has 0 fully saturated rings. The lowest BCUT2D eigenvalue weighted by Crippen LogP contribution is -2.12. The minimum absolute atomic E-state index is 0.282. The molecule has 0 aliphatic carbocycles. The van der Waals surface area contributed by atoms with E-state index < -0.39 is 0 Å². The van der Waals surface area contributed by atoms with Crippen molar-refractivity contribution in [3.63, 3.8) is 0 Å². The molecule has 0 aromatic heterocycles. The summed E-state index contributed by atoms with van der Waals surface area (Å²) in [4.78, 5) is 4.34. The zero-order valence-electron chi connectivity index (χ0n) is 7.81. The van der Waals surface area contributed by atoms with E-state index in [1.54, 1.807) is 0 Å². The molecule has 0 heterocycles. The first-order valence-electron chi connectivity index (χ1n) is 4.02. The van der Waals surface area contributed by atoms with Crippen LogP contribution in [0.2, 0.25) is 0 Å². The zero-order valence-corrected chi connectivity index (χ0v) is 7.81. The Balaban J connectivity index is 3.86. The Kier molecular flexibility index (Phi) is 3.62. The zero-order chi connectivity index (χ0) is 8.20. The number of nitrogens with zero attached hydrogens (tertiary/aromatic N) is 1. The maximum atomic E-state index is 4.34. The Morgan fingerprint density at radius 3 is 2.20 bits per heavy atom. The molecule has 0 aliphatic rings. The van der Waals surface area contributed by atoms with E-state index in [1.807, 2.05) is 0 Å². The molecule has 1 nitrogen and oxygen atoms in total. The first-order valence-corrected chi connectivity index (χ1v) is 4.02. The molecule has 0 aliphatic heterocycles. The summed E-state index contributed by atoms with van der Waals surface area (Å²) in [6.45, 7) is 10.8. The lowest BCUT2D eigenvalue weighted by atomic mass is 9.92. The smallest absolute Gasteiger partial charge is 0.0439 e. The van der Waals surface area contributed by atoms with Crippen LogP contribution in [0.5, 0.6) is 0 Å². The van der Waals surface area contributed by atoms with E-state index in [9.17, 15) is 0 Å². The highest BCUT2D eigenvalue weighted by Crippen LogP contribution is 2.16. The van der Waals surface area contributed by atoms with Crippen LogP contribution in [0, 0.1) is 5.41 Å². The highest BCUT2D eigenvalue weighted by Gasteiger charge is 2.10. The van der Waals surface area contributed by atoms with Crippen LogP contribution >= 0.6 is 0 Å². The fourth-order valence-corrected chi connectivity index (χ4v) is 0.442. The summed E-state index contributed by atoms with van der Waals surface area (Å²) in [5, 5.41) is 0. The van der Waals surface area contributed by atoms with E-state index in [2.05, 4.69) is 45.8 Å². The quantitative estimate of drug-likeness (QED) is 0.536. The average Bonchev–Trinajstić information content (AvgIpc) is 1.85. The summed E-state index contributed by atoms with van der Waals surface area (Å²) < 4.78 is 0. The standard InChI is InChI=1S/C9H19N/c1-6-9(4,5)7-10-8(2)3/h7-8H,6H2,1-5H3/b10-7+. The SMILES string of the molecule is CCC(C)(C)/C=N/C(C)C. The van der Waals surface area contributed by atoms with E-state index in [0.29, 0.717) is 6.04 Å². The summed E-state index contributed by atoms with van der Waals surface area (Å²) in [5.74, 6) is 0. The summed E-state index contributed by atoms with van der Waals surface area (Å²) in [7, 11) is 0. The van der Waals surface area contributed by atoms with Crippen molar-refractivity contribution in [2.75, 3.05) is 0 Å². The molecule has 0 saturated carbocycles. The van der Waals surface area contributed by atoms with Gasteiger partial charge in [0.1, 0.15) is 0 Å². The minimum atomic E-state index is 0.282. The highest BCUT2D eigenvalue weighted by atomic mass is 14.7. The largest absolute Gasteiger partial charge is 0.294 e. The number of aliphatic imine (C=N–C) groups is 1. The number of hydrogen-bond acceptors (Lipinski definition) is 1. The third-order valence-electron chi connectivity index (χ3n) is 1.63. The fraction of sp³-hybridized carbons (Fsp3) is 0.889. The molecule has 0 rings (SSSR count). The van der Waals surface area contributed by atoms with Crippen molar-refractivity contribution in [1.29, 1.82) is 0 Å². The Labute approximate surface area is 64.6 Å². The molecule has 0 unspecified atom stereocenters. The summed E-state index contributed by atoms with van der Waals surface area (Å²) in [6, 6.07) is 0.436. The van der Waals surface area contributed by atoms with E-state index in [-0.39, 0.29) is 5.41 Å². The fourth-order valence-electron chi connectivity index (χ4n) is 0.442. The second kappa shape index (κ2) is 3.75. The lowest BCUT2D eigenvalue weighted by molar-refractivity contribution is 0.512. The maximum Gasteiger partial charge on any atom is 0.0439 e. The molecule has 0 radical (unpaired) electrons. The Morgan fingerprint density at radius 1 is 1.40 bits per heavy atom. The van der Waals surface area contributed by atoms with Gasteiger partial charge in [-0.25, -0.2) is 0 Å². The molecule has 0 N–H and O–H groups in total. The van der Waals surface area contributed by atoms with E-state index in [0.717, 1.165) is 6.42 Å². The van der Waals surface area contributed by atoms with Crippen molar-refractivity contribution < 1.29 is 0 Å². The summed E-state index contributed by atoms with van der Waals surface area (Å²) in [5.41, 5.74) is 0.282. The van der Waals surface area contributed by atoms with Crippen LogP contribution in [0.1, 0.15) is 41.0 Å². The van der Waals surface area contributed by atoms with Crippen molar-refractivity contribution in [2.45, 2.75) is 47.1 Å². The molecule has 0 bridgehead atoms. The van der Waals surface area contributed by atoms with Crippen molar-refractivity contribution in [2.24, 2.45) is 10.4 Å². The van der Waals surface area contributed by atoms with Crippen molar-refractivity contribution >= 4 is 6.21 Å². The van der Waals surface area contributed by atoms with Gasteiger partial charge in [0.25, 0.3) is 0 Å². The molecule has 10 heavy (non-hydrogen) atoms. The molecule has 0 amide bonds. The van der Waals surface area contributed by atoms with Gasteiger partial charge >= 0.3 is 0 Å². The van der Waals surface area contributed by atoms with Crippen LogP contribution in [0.4, 0.5) is 0 Å². The van der Waals surface area contributed by atoms with Gasteiger partial charge in [0.15, 0.2) is 0 Å². The molecule has 0 spiro atoms. The molecule has 0 saturated heterocycles. The third-order valence-corrected chi connectivity index (χ3v) is 1.63. The van der Waals surface area contributed by atoms with Crippen LogP contribution in [-0.4, -0.2) is 12.3 Å². The molecule has 1 heteroatoms. The molecule has 0 aromatic carbocycles. The van der Waals surface area contributed by atoms with Gasteiger partial charge in [-0.05, 0) is 25.7 Å². The van der Waals surface area contributed by atoms with Gasteiger partial charge < -0.3 is 0 Å². The van der Waals surface area contributed by atoms with E-state index >= 15 is 0 Å². The maximum absolute atomic E-state index is 4.34. The van der Waals surface area contributed by atoms with Gasteiger partial charge in [-0.3, -0.25) is 4.99 Å². The van der Waals surface area contributed by atoms with Crippen LogP contribution < -0.4 is 0 Å².